The Labute approximate surface area is 94.9 Å². The maximum absolute atomic E-state index is 9.25. The average Bonchev–Trinajstić information content (AvgIpc) is 1.93. The van der Waals surface area contributed by atoms with Crippen LogP contribution in [0.1, 0.15) is 48.5 Å². The zero-order valence-electron chi connectivity index (χ0n) is 11.3. The highest BCUT2D eigenvalue weighted by molar-refractivity contribution is 5.27. The molecule has 15 heavy (non-hydrogen) atoms. The average molecular weight is 210 g/mol. The van der Waals surface area contributed by atoms with Crippen LogP contribution in [0.2, 0.25) is 0 Å². The van der Waals surface area contributed by atoms with Crippen LogP contribution in [0.15, 0.2) is 23.8 Å². The Morgan fingerprint density at radius 3 is 1.80 bits per heavy atom. The SMILES string of the molecule is CC(O)C=CC(=CC(C)(C)C)C(C)(C)C. The number of hydrogen-bond acceptors (Lipinski definition) is 1. The lowest BCUT2D eigenvalue weighted by atomic mass is 9.81. The van der Waals surface area contributed by atoms with Crippen molar-refractivity contribution < 1.29 is 5.11 Å². The summed E-state index contributed by atoms with van der Waals surface area (Å²) in [4.78, 5) is 0. The number of rotatable bonds is 2. The van der Waals surface area contributed by atoms with E-state index in [1.807, 2.05) is 12.2 Å². The Morgan fingerprint density at radius 2 is 1.53 bits per heavy atom. The summed E-state index contributed by atoms with van der Waals surface area (Å²) in [6.07, 6.45) is 5.76. The van der Waals surface area contributed by atoms with Crippen molar-refractivity contribution in [2.24, 2.45) is 10.8 Å². The lowest BCUT2D eigenvalue weighted by Gasteiger charge is -2.25. The molecule has 1 heteroatoms. The Hall–Kier alpha value is -0.560. The van der Waals surface area contributed by atoms with Gasteiger partial charge in [-0.3, -0.25) is 0 Å². The monoisotopic (exact) mass is 210 g/mol. The molecule has 0 saturated carbocycles. The van der Waals surface area contributed by atoms with E-state index in [-0.39, 0.29) is 16.9 Å². The third-order valence-electron chi connectivity index (χ3n) is 2.01. The van der Waals surface area contributed by atoms with Crippen LogP contribution in [0.5, 0.6) is 0 Å². The van der Waals surface area contributed by atoms with Crippen LogP contribution < -0.4 is 0 Å². The topological polar surface area (TPSA) is 20.2 Å². The highest BCUT2D eigenvalue weighted by Crippen LogP contribution is 2.30. The van der Waals surface area contributed by atoms with Gasteiger partial charge in [0, 0.05) is 0 Å². The predicted octanol–water partition coefficient (Wildman–Crippen LogP) is 3.94. The van der Waals surface area contributed by atoms with Crippen molar-refractivity contribution in [3.63, 3.8) is 0 Å². The maximum Gasteiger partial charge on any atom is 0.0695 e. The van der Waals surface area contributed by atoms with E-state index in [0.29, 0.717) is 0 Å². The van der Waals surface area contributed by atoms with Gasteiger partial charge in [0.25, 0.3) is 0 Å². The Morgan fingerprint density at radius 1 is 1.07 bits per heavy atom. The number of aliphatic hydroxyl groups is 1. The predicted molar refractivity (Wildman–Crippen MR) is 67.8 cm³/mol. The largest absolute Gasteiger partial charge is 0.389 e. The van der Waals surface area contributed by atoms with Gasteiger partial charge in [0.2, 0.25) is 0 Å². The van der Waals surface area contributed by atoms with Crippen LogP contribution in [0, 0.1) is 10.8 Å². The van der Waals surface area contributed by atoms with Crippen LogP contribution in [-0.2, 0) is 0 Å². The standard InChI is InChI=1S/C14H26O/c1-11(15)8-9-12(14(5,6)7)10-13(2,3)4/h8-11,15H,1-7H3. The molecular weight excluding hydrogens is 184 g/mol. The van der Waals surface area contributed by atoms with Crippen molar-refractivity contribution in [3.05, 3.63) is 23.8 Å². The number of hydrogen-bond donors (Lipinski definition) is 1. The quantitative estimate of drug-likeness (QED) is 0.684. The summed E-state index contributed by atoms with van der Waals surface area (Å²) in [5, 5.41) is 9.25. The van der Waals surface area contributed by atoms with Crippen molar-refractivity contribution in [3.8, 4) is 0 Å². The van der Waals surface area contributed by atoms with E-state index in [1.165, 1.54) is 5.57 Å². The first kappa shape index (κ1) is 14.4. The van der Waals surface area contributed by atoms with Crippen molar-refractivity contribution in [1.82, 2.24) is 0 Å². The van der Waals surface area contributed by atoms with Crippen molar-refractivity contribution >= 4 is 0 Å². The van der Waals surface area contributed by atoms with Crippen LogP contribution >= 0.6 is 0 Å². The van der Waals surface area contributed by atoms with E-state index >= 15 is 0 Å². The zero-order chi connectivity index (χ0) is 12.3. The van der Waals surface area contributed by atoms with Crippen LogP contribution in [-0.4, -0.2) is 11.2 Å². The minimum absolute atomic E-state index is 0.124. The highest BCUT2D eigenvalue weighted by Gasteiger charge is 2.17. The van der Waals surface area contributed by atoms with Gasteiger partial charge < -0.3 is 5.11 Å². The molecule has 0 heterocycles. The van der Waals surface area contributed by atoms with E-state index in [2.05, 4.69) is 47.6 Å². The van der Waals surface area contributed by atoms with Gasteiger partial charge in [-0.15, -0.1) is 0 Å². The fourth-order valence-electron chi connectivity index (χ4n) is 1.22. The molecule has 0 radical (unpaired) electrons. The molecule has 0 saturated heterocycles. The summed E-state index contributed by atoms with van der Waals surface area (Å²) in [6.45, 7) is 14.9. The molecule has 0 aromatic rings. The second-order valence-electron chi connectivity index (χ2n) is 6.32. The van der Waals surface area contributed by atoms with Crippen molar-refractivity contribution in [2.45, 2.75) is 54.6 Å². The lowest BCUT2D eigenvalue weighted by molar-refractivity contribution is 0.244. The zero-order valence-corrected chi connectivity index (χ0v) is 11.3. The first-order valence-corrected chi connectivity index (χ1v) is 5.62. The summed E-state index contributed by atoms with van der Waals surface area (Å²) in [6, 6.07) is 0. The summed E-state index contributed by atoms with van der Waals surface area (Å²) in [5.41, 5.74) is 1.57. The molecule has 0 aliphatic carbocycles. The van der Waals surface area contributed by atoms with E-state index in [9.17, 15) is 5.11 Å². The molecule has 0 aliphatic rings. The number of aliphatic hydroxyl groups excluding tert-OH is 1. The number of allylic oxidation sites excluding steroid dienone is 3. The van der Waals surface area contributed by atoms with Crippen molar-refractivity contribution in [2.75, 3.05) is 0 Å². The maximum atomic E-state index is 9.25. The molecule has 0 fully saturated rings. The highest BCUT2D eigenvalue weighted by atomic mass is 16.3. The Bertz CT molecular complexity index is 243. The molecule has 0 rings (SSSR count). The second kappa shape index (κ2) is 4.98. The smallest absolute Gasteiger partial charge is 0.0695 e. The third-order valence-corrected chi connectivity index (χ3v) is 2.01. The Kier molecular flexibility index (Phi) is 4.79. The first-order chi connectivity index (χ1) is 6.52. The van der Waals surface area contributed by atoms with E-state index < -0.39 is 0 Å². The van der Waals surface area contributed by atoms with Gasteiger partial charge in [0.15, 0.2) is 0 Å². The van der Waals surface area contributed by atoms with Gasteiger partial charge >= 0.3 is 0 Å². The minimum Gasteiger partial charge on any atom is -0.389 e. The molecule has 0 bridgehead atoms. The fraction of sp³-hybridized carbons (Fsp3) is 0.714. The molecule has 0 aromatic carbocycles. The molecule has 0 amide bonds. The van der Waals surface area contributed by atoms with Crippen LogP contribution in [0.3, 0.4) is 0 Å². The third kappa shape index (κ3) is 7.38. The minimum atomic E-state index is -0.379. The van der Waals surface area contributed by atoms with E-state index in [0.717, 1.165) is 0 Å². The summed E-state index contributed by atoms with van der Waals surface area (Å²) >= 11 is 0. The molecule has 0 aliphatic heterocycles. The summed E-state index contributed by atoms with van der Waals surface area (Å²) in [7, 11) is 0. The Balaban J connectivity index is 5.01. The van der Waals surface area contributed by atoms with Gasteiger partial charge in [0.1, 0.15) is 0 Å². The lowest BCUT2D eigenvalue weighted by Crippen LogP contribution is -2.12. The molecule has 88 valence electrons. The normalized spacial score (nSPS) is 17.2. The van der Waals surface area contributed by atoms with E-state index in [1.54, 1.807) is 6.92 Å². The first-order valence-electron chi connectivity index (χ1n) is 5.62. The van der Waals surface area contributed by atoms with Gasteiger partial charge in [-0.1, -0.05) is 59.8 Å². The molecule has 0 aromatic heterocycles. The molecule has 1 unspecified atom stereocenters. The molecule has 0 spiro atoms. The molecule has 1 nitrogen and oxygen atoms in total. The van der Waals surface area contributed by atoms with Gasteiger partial charge in [0.05, 0.1) is 6.10 Å². The fourth-order valence-corrected chi connectivity index (χ4v) is 1.22. The van der Waals surface area contributed by atoms with E-state index in [4.69, 9.17) is 0 Å². The van der Waals surface area contributed by atoms with Gasteiger partial charge in [-0.2, -0.15) is 0 Å². The second-order valence-corrected chi connectivity index (χ2v) is 6.32. The summed E-state index contributed by atoms with van der Waals surface area (Å²) in [5.74, 6) is 0. The summed E-state index contributed by atoms with van der Waals surface area (Å²) < 4.78 is 0. The van der Waals surface area contributed by atoms with Crippen LogP contribution in [0.25, 0.3) is 0 Å². The van der Waals surface area contributed by atoms with Crippen LogP contribution in [0.4, 0.5) is 0 Å². The molecule has 1 N–H and O–H groups in total. The molecule has 1 atom stereocenters. The van der Waals surface area contributed by atoms with Gasteiger partial charge in [-0.05, 0) is 23.3 Å². The van der Waals surface area contributed by atoms with Crippen molar-refractivity contribution in [1.29, 1.82) is 0 Å². The molecular formula is C14H26O. The van der Waals surface area contributed by atoms with Gasteiger partial charge in [-0.25, -0.2) is 0 Å².